The second-order valence-corrected chi connectivity index (χ2v) is 9.28. The van der Waals surface area contributed by atoms with Gasteiger partial charge in [0.2, 0.25) is 5.91 Å². The number of rotatable bonds is 6. The number of carbonyl (C=O) groups is 1. The molecule has 6 nitrogen and oxygen atoms in total. The average Bonchev–Trinajstić information content (AvgIpc) is 3.12. The zero-order valence-electron chi connectivity index (χ0n) is 20.1. The van der Waals surface area contributed by atoms with E-state index in [2.05, 4.69) is 29.3 Å². The second-order valence-electron chi connectivity index (χ2n) is 9.28. The summed E-state index contributed by atoms with van der Waals surface area (Å²) >= 11 is 0. The number of hydrogen-bond acceptors (Lipinski definition) is 4. The molecule has 2 aliphatic heterocycles. The first-order valence-electron chi connectivity index (χ1n) is 12.3. The first-order chi connectivity index (χ1) is 17.1. The van der Waals surface area contributed by atoms with Crippen LogP contribution in [-0.4, -0.2) is 39.7 Å². The number of hydrogen-bond donors (Lipinski definition) is 2. The predicted molar refractivity (Wildman–Crippen MR) is 139 cm³/mol. The van der Waals surface area contributed by atoms with Crippen molar-refractivity contribution in [2.75, 3.05) is 18.5 Å². The van der Waals surface area contributed by atoms with E-state index in [0.29, 0.717) is 12.1 Å². The van der Waals surface area contributed by atoms with E-state index in [-0.39, 0.29) is 36.1 Å². The average molecular weight is 470 g/mol. The molecule has 35 heavy (non-hydrogen) atoms. The molecule has 6 heteroatoms. The van der Waals surface area contributed by atoms with Gasteiger partial charge in [-0.2, -0.15) is 0 Å². The first-order valence-corrected chi connectivity index (χ1v) is 12.3. The molecule has 3 aromatic rings. The number of nitrogens with one attached hydrogen (secondary N) is 1. The Morgan fingerprint density at radius 3 is 2.43 bits per heavy atom. The molecule has 4 atom stereocenters. The fourth-order valence-corrected chi connectivity index (χ4v) is 5.88. The van der Waals surface area contributed by atoms with Gasteiger partial charge in [-0.3, -0.25) is 14.5 Å². The summed E-state index contributed by atoms with van der Waals surface area (Å²) in [5.74, 6) is -0.839. The summed E-state index contributed by atoms with van der Waals surface area (Å²) in [6, 6.07) is 21.4. The van der Waals surface area contributed by atoms with Crippen LogP contribution in [0.1, 0.15) is 31.1 Å². The normalized spacial score (nSPS) is 23.4. The predicted octanol–water partition coefficient (Wildman–Crippen LogP) is 4.17. The molecule has 0 aliphatic carbocycles. The Morgan fingerprint density at radius 1 is 1.06 bits per heavy atom. The van der Waals surface area contributed by atoms with Gasteiger partial charge in [0.25, 0.3) is 5.56 Å². The number of amides is 1. The van der Waals surface area contributed by atoms with Crippen LogP contribution in [0.4, 0.5) is 5.69 Å². The lowest BCUT2D eigenvalue weighted by Crippen LogP contribution is -2.46. The number of aliphatic hydroxyl groups is 1. The molecule has 0 saturated carbocycles. The number of carbonyl (C=O) groups excluding carboxylic acids is 1. The van der Waals surface area contributed by atoms with Gasteiger partial charge in [-0.05, 0) is 48.9 Å². The lowest BCUT2D eigenvalue weighted by molar-refractivity contribution is -0.122. The molecule has 1 aromatic heterocycles. The Kier molecular flexibility index (Phi) is 6.41. The quantitative estimate of drug-likeness (QED) is 0.568. The van der Waals surface area contributed by atoms with Crippen LogP contribution in [0, 0.1) is 11.8 Å². The van der Waals surface area contributed by atoms with Crippen molar-refractivity contribution in [1.29, 1.82) is 0 Å². The zero-order chi connectivity index (χ0) is 24.5. The van der Waals surface area contributed by atoms with E-state index < -0.39 is 5.92 Å². The summed E-state index contributed by atoms with van der Waals surface area (Å²) in [4.78, 5) is 29.1. The van der Waals surface area contributed by atoms with Crippen molar-refractivity contribution in [3.63, 3.8) is 0 Å². The third-order valence-corrected chi connectivity index (χ3v) is 7.47. The van der Waals surface area contributed by atoms with Crippen LogP contribution in [-0.2, 0) is 11.3 Å². The van der Waals surface area contributed by atoms with Crippen molar-refractivity contribution in [3.8, 4) is 11.1 Å². The molecule has 0 spiro atoms. The number of anilines is 1. The molecule has 1 amide bonds. The largest absolute Gasteiger partial charge is 0.396 e. The summed E-state index contributed by atoms with van der Waals surface area (Å²) < 4.78 is 1.81. The zero-order valence-corrected chi connectivity index (χ0v) is 20.1. The number of benzene rings is 2. The van der Waals surface area contributed by atoms with Crippen LogP contribution < -0.4 is 10.9 Å². The topological polar surface area (TPSA) is 74.6 Å². The number of allylic oxidation sites excluding steroid dienone is 1. The number of pyridine rings is 1. The molecule has 5 rings (SSSR count). The monoisotopic (exact) mass is 469 g/mol. The standard InChI is InChI=1S/C29H31N3O3/c1-3-8-21-13-16-24-27-26(23(18-33)25(31(27)4-2)17-32(24)29(21)35)28(34)30-22-14-11-20(12-15-22)19-9-6-5-7-10-19/h3,5-16,23,25-27,33H,4,17-18H2,1-2H3,(H,30,34)/b8-3+/t23-,25-,26+,27+/m1/s1. The van der Waals surface area contributed by atoms with E-state index in [0.717, 1.165) is 29.1 Å². The van der Waals surface area contributed by atoms with Crippen molar-refractivity contribution in [2.24, 2.45) is 11.8 Å². The van der Waals surface area contributed by atoms with E-state index in [1.807, 2.05) is 73.7 Å². The van der Waals surface area contributed by atoms with Gasteiger partial charge in [0.1, 0.15) is 0 Å². The van der Waals surface area contributed by atoms with Gasteiger partial charge in [0, 0.05) is 42.1 Å². The fourth-order valence-electron chi connectivity index (χ4n) is 5.88. The van der Waals surface area contributed by atoms with Gasteiger partial charge in [0.05, 0.1) is 12.0 Å². The molecule has 2 aromatic carbocycles. The van der Waals surface area contributed by atoms with Crippen LogP contribution >= 0.6 is 0 Å². The summed E-state index contributed by atoms with van der Waals surface area (Å²) in [6.07, 6.45) is 3.67. The molecule has 1 fully saturated rings. The van der Waals surface area contributed by atoms with Gasteiger partial charge in [-0.15, -0.1) is 0 Å². The van der Waals surface area contributed by atoms with Crippen molar-refractivity contribution in [2.45, 2.75) is 32.5 Å². The number of aromatic nitrogens is 1. The van der Waals surface area contributed by atoms with E-state index in [1.165, 1.54) is 0 Å². The highest BCUT2D eigenvalue weighted by atomic mass is 16.3. The Bertz CT molecular complexity index is 1300. The summed E-state index contributed by atoms with van der Waals surface area (Å²) in [5.41, 5.74) is 4.36. The van der Waals surface area contributed by atoms with Gasteiger partial charge in [0.15, 0.2) is 0 Å². The molecular weight excluding hydrogens is 438 g/mol. The van der Waals surface area contributed by atoms with Gasteiger partial charge < -0.3 is 15.0 Å². The SMILES string of the molecule is C/C=C/c1ccc2n(c1=O)C[C@@H]1[C@@H](CO)[C@H](C(=O)Nc3ccc(-c4ccccc4)cc3)[C@H]2N1CC. The number of aliphatic hydroxyl groups excluding tert-OH is 1. The third kappa shape index (κ3) is 4.03. The van der Waals surface area contributed by atoms with Gasteiger partial charge in [-0.25, -0.2) is 0 Å². The highest BCUT2D eigenvalue weighted by molar-refractivity contribution is 5.94. The van der Waals surface area contributed by atoms with Crippen molar-refractivity contribution in [3.05, 3.63) is 94.4 Å². The van der Waals surface area contributed by atoms with E-state index >= 15 is 0 Å². The smallest absolute Gasteiger partial charge is 0.258 e. The van der Waals surface area contributed by atoms with Crippen LogP contribution in [0.2, 0.25) is 0 Å². The summed E-state index contributed by atoms with van der Waals surface area (Å²) in [6.45, 7) is 5.07. The summed E-state index contributed by atoms with van der Waals surface area (Å²) in [7, 11) is 0. The third-order valence-electron chi connectivity index (χ3n) is 7.47. The van der Waals surface area contributed by atoms with Crippen LogP contribution in [0.25, 0.3) is 17.2 Å². The van der Waals surface area contributed by atoms with Crippen molar-refractivity contribution in [1.82, 2.24) is 9.47 Å². The Balaban J connectivity index is 1.46. The molecule has 0 unspecified atom stereocenters. The molecule has 2 N–H and O–H groups in total. The Hall–Kier alpha value is -3.48. The molecule has 3 heterocycles. The molecule has 2 bridgehead atoms. The van der Waals surface area contributed by atoms with E-state index in [1.54, 1.807) is 4.57 Å². The molecular formula is C29H31N3O3. The lowest BCUT2D eigenvalue weighted by atomic mass is 9.86. The fraction of sp³-hybridized carbons (Fsp3) is 0.310. The minimum atomic E-state index is -0.459. The summed E-state index contributed by atoms with van der Waals surface area (Å²) in [5, 5.41) is 13.4. The van der Waals surface area contributed by atoms with Crippen molar-refractivity contribution >= 4 is 17.7 Å². The van der Waals surface area contributed by atoms with E-state index in [4.69, 9.17) is 0 Å². The number of nitrogens with zero attached hydrogens (tertiary/aromatic N) is 2. The highest BCUT2D eigenvalue weighted by Gasteiger charge is 2.55. The second kappa shape index (κ2) is 9.64. The maximum absolute atomic E-state index is 13.7. The number of fused-ring (bicyclic) bond motifs is 4. The van der Waals surface area contributed by atoms with Gasteiger partial charge >= 0.3 is 0 Å². The number of likely N-dealkylation sites (N-methyl/N-ethyl adjacent to an activating group) is 1. The maximum Gasteiger partial charge on any atom is 0.258 e. The Morgan fingerprint density at radius 2 is 1.77 bits per heavy atom. The van der Waals surface area contributed by atoms with E-state index in [9.17, 15) is 14.7 Å². The minimum absolute atomic E-state index is 0.0411. The van der Waals surface area contributed by atoms with Crippen LogP contribution in [0.3, 0.4) is 0 Å². The minimum Gasteiger partial charge on any atom is -0.396 e. The molecule has 1 saturated heterocycles. The van der Waals surface area contributed by atoms with Crippen molar-refractivity contribution < 1.29 is 9.90 Å². The molecule has 180 valence electrons. The maximum atomic E-state index is 13.7. The highest BCUT2D eigenvalue weighted by Crippen LogP contribution is 2.48. The first kappa shape index (κ1) is 23.3. The molecule has 2 aliphatic rings. The van der Waals surface area contributed by atoms with Gasteiger partial charge in [-0.1, -0.05) is 61.5 Å². The lowest BCUT2D eigenvalue weighted by Gasteiger charge is -2.37. The van der Waals surface area contributed by atoms with Crippen LogP contribution in [0.5, 0.6) is 0 Å². The molecule has 0 radical (unpaired) electrons. The van der Waals surface area contributed by atoms with Crippen LogP contribution in [0.15, 0.2) is 77.6 Å². The Labute approximate surface area is 205 Å².